The Bertz CT molecular complexity index is 1430. The van der Waals surface area contributed by atoms with Crippen LogP contribution in [0.5, 0.6) is 0 Å². The Morgan fingerprint density at radius 1 is 1.02 bits per heavy atom. The lowest BCUT2D eigenvalue weighted by atomic mass is 10.2. The third-order valence-corrected chi connectivity index (χ3v) is 5.34. The average Bonchev–Trinajstić information content (AvgIpc) is 2.91. The SMILES string of the molecule is CCCNc1nc(Nc2ccc(C#N)cc2)ncc1C(=O)Nc1cccc(NC(=O)CN(C)C(=O)OC(C)(C)C)c1. The molecule has 2 aromatic carbocycles. The van der Waals surface area contributed by atoms with Crippen LogP contribution in [0.3, 0.4) is 0 Å². The van der Waals surface area contributed by atoms with E-state index in [1.54, 1.807) is 69.3 Å². The summed E-state index contributed by atoms with van der Waals surface area (Å²) >= 11 is 0. The lowest BCUT2D eigenvalue weighted by Crippen LogP contribution is -2.38. The summed E-state index contributed by atoms with van der Waals surface area (Å²) in [5.41, 5.74) is 1.66. The van der Waals surface area contributed by atoms with E-state index in [-0.39, 0.29) is 18.1 Å². The van der Waals surface area contributed by atoms with E-state index in [0.29, 0.717) is 35.0 Å². The minimum atomic E-state index is -0.673. The first kappa shape index (κ1) is 30.4. The second-order valence-corrected chi connectivity index (χ2v) is 10.1. The van der Waals surface area contributed by atoms with E-state index >= 15 is 0 Å². The predicted octanol–water partition coefficient (Wildman–Crippen LogP) is 4.97. The largest absolute Gasteiger partial charge is 0.444 e. The van der Waals surface area contributed by atoms with Crippen LogP contribution in [0.2, 0.25) is 0 Å². The first-order valence-corrected chi connectivity index (χ1v) is 13.0. The van der Waals surface area contributed by atoms with Gasteiger partial charge in [-0.15, -0.1) is 0 Å². The first-order chi connectivity index (χ1) is 19.5. The van der Waals surface area contributed by atoms with Crippen molar-refractivity contribution in [3.63, 3.8) is 0 Å². The van der Waals surface area contributed by atoms with E-state index in [1.165, 1.54) is 18.1 Å². The Kier molecular flexibility index (Phi) is 10.2. The molecular formula is C29H34N8O4. The number of carbonyl (C=O) groups is 3. The van der Waals surface area contributed by atoms with Crippen molar-refractivity contribution in [3.05, 3.63) is 65.9 Å². The molecule has 0 radical (unpaired) electrons. The second kappa shape index (κ2) is 13.7. The Hall–Kier alpha value is -5.18. The van der Waals surface area contributed by atoms with Crippen molar-refractivity contribution in [1.29, 1.82) is 5.26 Å². The highest BCUT2D eigenvalue weighted by atomic mass is 16.6. The zero-order valence-electron chi connectivity index (χ0n) is 23.7. The van der Waals surface area contributed by atoms with Crippen molar-refractivity contribution < 1.29 is 19.1 Å². The Morgan fingerprint density at radius 2 is 1.71 bits per heavy atom. The van der Waals surface area contributed by atoms with Crippen LogP contribution in [0.25, 0.3) is 0 Å². The van der Waals surface area contributed by atoms with Crippen LogP contribution < -0.4 is 21.3 Å². The Balaban J connectivity index is 1.68. The van der Waals surface area contributed by atoms with Gasteiger partial charge in [-0.25, -0.2) is 9.78 Å². The molecule has 0 aliphatic heterocycles. The monoisotopic (exact) mass is 558 g/mol. The van der Waals surface area contributed by atoms with Crippen molar-refractivity contribution in [3.8, 4) is 6.07 Å². The number of rotatable bonds is 10. The molecular weight excluding hydrogens is 524 g/mol. The molecule has 0 aliphatic rings. The van der Waals surface area contributed by atoms with Gasteiger partial charge in [-0.2, -0.15) is 10.2 Å². The lowest BCUT2D eigenvalue weighted by Gasteiger charge is -2.24. The molecule has 214 valence electrons. The maximum atomic E-state index is 13.2. The van der Waals surface area contributed by atoms with Crippen molar-refractivity contribution in [2.45, 2.75) is 39.7 Å². The molecule has 0 saturated heterocycles. The van der Waals surface area contributed by atoms with Crippen LogP contribution in [-0.2, 0) is 9.53 Å². The van der Waals surface area contributed by atoms with Crippen LogP contribution in [0, 0.1) is 11.3 Å². The highest BCUT2D eigenvalue weighted by Crippen LogP contribution is 2.21. The molecule has 0 saturated carbocycles. The van der Waals surface area contributed by atoms with E-state index in [4.69, 9.17) is 10.00 Å². The highest BCUT2D eigenvalue weighted by Gasteiger charge is 2.21. The molecule has 12 heteroatoms. The van der Waals surface area contributed by atoms with Gasteiger partial charge in [0, 0.05) is 36.9 Å². The van der Waals surface area contributed by atoms with E-state index < -0.39 is 23.5 Å². The van der Waals surface area contributed by atoms with Crippen LogP contribution in [0.1, 0.15) is 50.0 Å². The summed E-state index contributed by atoms with van der Waals surface area (Å²) in [5, 5.41) is 20.7. The number of anilines is 5. The van der Waals surface area contributed by atoms with Gasteiger partial charge >= 0.3 is 6.09 Å². The van der Waals surface area contributed by atoms with Gasteiger partial charge in [-0.05, 0) is 69.7 Å². The van der Waals surface area contributed by atoms with Gasteiger partial charge in [-0.1, -0.05) is 13.0 Å². The van der Waals surface area contributed by atoms with Crippen molar-refractivity contribution in [2.24, 2.45) is 0 Å². The minimum absolute atomic E-state index is 0.210. The number of ether oxygens (including phenoxy) is 1. The first-order valence-electron chi connectivity index (χ1n) is 13.0. The summed E-state index contributed by atoms with van der Waals surface area (Å²) in [5.74, 6) is -0.232. The third-order valence-electron chi connectivity index (χ3n) is 5.34. The van der Waals surface area contributed by atoms with Gasteiger partial charge < -0.3 is 30.9 Å². The summed E-state index contributed by atoms with van der Waals surface area (Å²) < 4.78 is 5.26. The molecule has 3 aromatic rings. The molecule has 12 nitrogen and oxygen atoms in total. The molecule has 0 spiro atoms. The van der Waals surface area contributed by atoms with Crippen LogP contribution >= 0.6 is 0 Å². The summed E-state index contributed by atoms with van der Waals surface area (Å²) in [4.78, 5) is 47.7. The molecule has 0 atom stereocenters. The van der Waals surface area contributed by atoms with E-state index in [2.05, 4.69) is 37.3 Å². The predicted molar refractivity (Wildman–Crippen MR) is 157 cm³/mol. The maximum Gasteiger partial charge on any atom is 0.410 e. The van der Waals surface area contributed by atoms with Gasteiger partial charge in [0.25, 0.3) is 5.91 Å². The van der Waals surface area contributed by atoms with Crippen molar-refractivity contribution >= 4 is 46.7 Å². The maximum absolute atomic E-state index is 13.2. The summed E-state index contributed by atoms with van der Waals surface area (Å²) in [6.07, 6.45) is 1.63. The Morgan fingerprint density at radius 3 is 2.34 bits per heavy atom. The van der Waals surface area contributed by atoms with E-state index in [1.807, 2.05) is 6.92 Å². The molecule has 1 aromatic heterocycles. The number of hydrogen-bond acceptors (Lipinski definition) is 9. The topological polar surface area (TPSA) is 161 Å². The molecule has 0 bridgehead atoms. The van der Waals surface area contributed by atoms with Crippen molar-refractivity contribution in [2.75, 3.05) is 41.4 Å². The molecule has 3 rings (SSSR count). The van der Waals surface area contributed by atoms with Gasteiger partial charge in [0.15, 0.2) is 0 Å². The standard InChI is InChI=1S/C29H34N8O4/c1-6-14-31-25-23(17-32-27(36-25)35-20-12-10-19(16-30)11-13-20)26(39)34-22-9-7-8-21(15-22)33-24(38)18-37(5)28(40)41-29(2,3)4/h7-13,15,17H,6,14,18H2,1-5H3,(H,33,38)(H,34,39)(H2,31,32,35,36). The molecule has 41 heavy (non-hydrogen) atoms. The van der Waals surface area contributed by atoms with Crippen LogP contribution in [0.4, 0.5) is 33.6 Å². The van der Waals surface area contributed by atoms with Crippen molar-refractivity contribution in [1.82, 2.24) is 14.9 Å². The fourth-order valence-corrected chi connectivity index (χ4v) is 3.44. The molecule has 3 amide bonds. The summed E-state index contributed by atoms with van der Waals surface area (Å²) in [6.45, 7) is 7.61. The number of hydrogen-bond donors (Lipinski definition) is 4. The third kappa shape index (κ3) is 9.50. The van der Waals surface area contributed by atoms with Gasteiger partial charge in [0.2, 0.25) is 11.9 Å². The highest BCUT2D eigenvalue weighted by molar-refractivity contribution is 6.07. The number of nitriles is 1. The number of aromatic nitrogens is 2. The second-order valence-electron chi connectivity index (χ2n) is 10.1. The van der Waals surface area contributed by atoms with Gasteiger partial charge in [-0.3, -0.25) is 9.59 Å². The minimum Gasteiger partial charge on any atom is -0.444 e. The molecule has 0 aliphatic carbocycles. The molecule has 1 heterocycles. The number of benzene rings is 2. The lowest BCUT2D eigenvalue weighted by molar-refractivity contribution is -0.117. The van der Waals surface area contributed by atoms with Crippen LogP contribution in [-0.4, -0.2) is 58.5 Å². The molecule has 0 fully saturated rings. The van der Waals surface area contributed by atoms with Crippen LogP contribution in [0.15, 0.2) is 54.7 Å². The number of carbonyl (C=O) groups excluding carboxylic acids is 3. The van der Waals surface area contributed by atoms with Gasteiger partial charge in [0.1, 0.15) is 23.5 Å². The zero-order chi connectivity index (χ0) is 30.0. The number of nitrogens with one attached hydrogen (secondary N) is 4. The molecule has 0 unspecified atom stereocenters. The summed E-state index contributed by atoms with van der Waals surface area (Å²) in [7, 11) is 1.47. The van der Waals surface area contributed by atoms with Gasteiger partial charge in [0.05, 0.1) is 11.6 Å². The van der Waals surface area contributed by atoms with E-state index in [0.717, 1.165) is 6.42 Å². The summed E-state index contributed by atoms with van der Waals surface area (Å²) in [6, 6.07) is 15.5. The Labute approximate surface area is 239 Å². The number of nitrogens with zero attached hydrogens (tertiary/aromatic N) is 4. The van der Waals surface area contributed by atoms with E-state index in [9.17, 15) is 14.4 Å². The smallest absolute Gasteiger partial charge is 0.410 e. The number of amides is 3. The fraction of sp³-hybridized carbons (Fsp3) is 0.310. The molecule has 4 N–H and O–H groups in total. The average molecular weight is 559 g/mol. The normalized spacial score (nSPS) is 10.6. The zero-order valence-corrected chi connectivity index (χ0v) is 23.7. The quantitative estimate of drug-likeness (QED) is 0.269. The number of likely N-dealkylation sites (N-methyl/N-ethyl adjacent to an activating group) is 1. The fourth-order valence-electron chi connectivity index (χ4n) is 3.44.